The number of hydrogen-bond acceptors (Lipinski definition) is 4. The second-order valence-corrected chi connectivity index (χ2v) is 4.95. The normalized spacial score (nSPS) is 12.7. The number of aromatic nitrogens is 2. The molecule has 0 amide bonds. The fraction of sp³-hybridized carbons (Fsp3) is 0.467. The molecule has 20 heavy (non-hydrogen) atoms. The van der Waals surface area contributed by atoms with Crippen LogP contribution >= 0.6 is 0 Å². The molecule has 5 heteroatoms. The van der Waals surface area contributed by atoms with Gasteiger partial charge in [-0.25, -0.2) is 4.98 Å². The summed E-state index contributed by atoms with van der Waals surface area (Å²) in [5.41, 5.74) is 0.616. The molecule has 0 aliphatic carbocycles. The second kappa shape index (κ2) is 7.17. The highest BCUT2D eigenvalue weighted by atomic mass is 16.3. The van der Waals surface area contributed by atoms with Gasteiger partial charge in [0.15, 0.2) is 0 Å². The van der Waals surface area contributed by atoms with Crippen molar-refractivity contribution in [3.05, 3.63) is 40.4 Å². The van der Waals surface area contributed by atoms with Crippen LogP contribution in [0.15, 0.2) is 29.1 Å². The van der Waals surface area contributed by atoms with E-state index >= 15 is 0 Å². The fourth-order valence-corrected chi connectivity index (χ4v) is 2.25. The lowest BCUT2D eigenvalue weighted by Gasteiger charge is -2.14. The van der Waals surface area contributed by atoms with Gasteiger partial charge in [-0.2, -0.15) is 0 Å². The van der Waals surface area contributed by atoms with Crippen LogP contribution in [0.25, 0.3) is 10.9 Å². The maximum atomic E-state index is 11.9. The second-order valence-electron chi connectivity index (χ2n) is 4.95. The SMILES string of the molecule is CCC(CCO)CNCc1nc2ccccc2c(=O)[nH]1. The Hall–Kier alpha value is -1.72. The van der Waals surface area contributed by atoms with Gasteiger partial charge in [0.05, 0.1) is 17.4 Å². The van der Waals surface area contributed by atoms with Gasteiger partial charge < -0.3 is 15.4 Å². The van der Waals surface area contributed by atoms with E-state index < -0.39 is 0 Å². The molecule has 0 fully saturated rings. The van der Waals surface area contributed by atoms with E-state index in [9.17, 15) is 4.79 Å². The number of nitrogens with one attached hydrogen (secondary N) is 2. The molecule has 5 nitrogen and oxygen atoms in total. The van der Waals surface area contributed by atoms with Crippen LogP contribution in [0.5, 0.6) is 0 Å². The summed E-state index contributed by atoms with van der Waals surface area (Å²) in [5.74, 6) is 1.10. The van der Waals surface area contributed by atoms with Gasteiger partial charge in [-0.1, -0.05) is 25.5 Å². The van der Waals surface area contributed by atoms with Crippen molar-refractivity contribution in [1.29, 1.82) is 0 Å². The molecule has 0 bridgehead atoms. The van der Waals surface area contributed by atoms with Gasteiger partial charge in [-0.15, -0.1) is 0 Å². The van der Waals surface area contributed by atoms with Crippen LogP contribution in [0.2, 0.25) is 0 Å². The first-order valence-electron chi connectivity index (χ1n) is 7.04. The summed E-state index contributed by atoms with van der Waals surface area (Å²) in [7, 11) is 0. The van der Waals surface area contributed by atoms with Gasteiger partial charge in [0.1, 0.15) is 5.82 Å². The molecule has 108 valence electrons. The molecule has 1 unspecified atom stereocenters. The molecule has 1 aromatic carbocycles. The van der Waals surface area contributed by atoms with E-state index in [0.29, 0.717) is 23.7 Å². The molecule has 1 heterocycles. The molecular formula is C15H21N3O2. The Morgan fingerprint density at radius 2 is 2.20 bits per heavy atom. The number of aromatic amines is 1. The van der Waals surface area contributed by atoms with Crippen LogP contribution in [0.3, 0.4) is 0 Å². The molecule has 0 saturated heterocycles. The number of aliphatic hydroxyl groups excluding tert-OH is 1. The largest absolute Gasteiger partial charge is 0.396 e. The van der Waals surface area contributed by atoms with E-state index in [1.165, 1.54) is 0 Å². The van der Waals surface area contributed by atoms with Crippen molar-refractivity contribution in [2.24, 2.45) is 5.92 Å². The number of H-pyrrole nitrogens is 1. The van der Waals surface area contributed by atoms with Crippen molar-refractivity contribution in [2.45, 2.75) is 26.3 Å². The molecule has 0 saturated carbocycles. The van der Waals surface area contributed by atoms with Gasteiger partial charge in [0, 0.05) is 6.61 Å². The topological polar surface area (TPSA) is 78.0 Å². The van der Waals surface area contributed by atoms with Crippen molar-refractivity contribution < 1.29 is 5.11 Å². The molecule has 3 N–H and O–H groups in total. The maximum absolute atomic E-state index is 11.9. The number of nitrogens with zero attached hydrogens (tertiary/aromatic N) is 1. The predicted octanol–water partition coefficient (Wildman–Crippen LogP) is 1.42. The first-order chi connectivity index (χ1) is 9.74. The number of rotatable bonds is 7. The molecule has 1 atom stereocenters. The van der Waals surface area contributed by atoms with Gasteiger partial charge in [-0.05, 0) is 31.0 Å². The molecule has 0 aliphatic rings. The zero-order valence-electron chi connectivity index (χ0n) is 11.7. The quantitative estimate of drug-likeness (QED) is 0.714. The summed E-state index contributed by atoms with van der Waals surface area (Å²) in [6, 6.07) is 7.32. The summed E-state index contributed by atoms with van der Waals surface area (Å²) in [5, 5.41) is 12.9. The van der Waals surface area contributed by atoms with Crippen LogP contribution in [0, 0.1) is 5.92 Å². The van der Waals surface area contributed by atoms with Crippen LogP contribution in [0.4, 0.5) is 0 Å². The first-order valence-corrected chi connectivity index (χ1v) is 7.04. The summed E-state index contributed by atoms with van der Waals surface area (Å²) in [6.07, 6.45) is 1.82. The molecule has 2 rings (SSSR count). The molecule has 0 spiro atoms. The van der Waals surface area contributed by atoms with Crippen molar-refractivity contribution in [2.75, 3.05) is 13.2 Å². The number of fused-ring (bicyclic) bond motifs is 1. The summed E-state index contributed by atoms with van der Waals surface area (Å²) in [4.78, 5) is 19.1. The zero-order chi connectivity index (χ0) is 14.4. The Kier molecular flexibility index (Phi) is 5.26. The van der Waals surface area contributed by atoms with Crippen molar-refractivity contribution in [1.82, 2.24) is 15.3 Å². The van der Waals surface area contributed by atoms with E-state index in [2.05, 4.69) is 22.2 Å². The highest BCUT2D eigenvalue weighted by Crippen LogP contribution is 2.07. The zero-order valence-corrected chi connectivity index (χ0v) is 11.7. The van der Waals surface area contributed by atoms with Crippen molar-refractivity contribution in [3.63, 3.8) is 0 Å². The van der Waals surface area contributed by atoms with Crippen LogP contribution in [-0.2, 0) is 6.54 Å². The van der Waals surface area contributed by atoms with Gasteiger partial charge in [0.25, 0.3) is 5.56 Å². The number of aliphatic hydroxyl groups is 1. The monoisotopic (exact) mass is 275 g/mol. The standard InChI is InChI=1S/C15H21N3O2/c1-2-11(7-8-19)9-16-10-14-17-13-6-4-3-5-12(13)15(20)18-14/h3-6,11,16,19H,2,7-10H2,1H3,(H,17,18,20). The molecule has 0 aliphatic heterocycles. The average Bonchev–Trinajstić information content (AvgIpc) is 2.46. The molecule has 1 aromatic heterocycles. The van der Waals surface area contributed by atoms with E-state index in [1.54, 1.807) is 6.07 Å². The number of hydrogen-bond donors (Lipinski definition) is 3. The summed E-state index contributed by atoms with van der Waals surface area (Å²) in [6.45, 7) is 3.67. The van der Waals surface area contributed by atoms with Crippen LogP contribution in [-0.4, -0.2) is 28.2 Å². The average molecular weight is 275 g/mol. The third kappa shape index (κ3) is 3.65. The highest BCUT2D eigenvalue weighted by molar-refractivity contribution is 5.77. The van der Waals surface area contributed by atoms with Crippen LogP contribution in [0.1, 0.15) is 25.6 Å². The lowest BCUT2D eigenvalue weighted by molar-refractivity contribution is 0.251. The Bertz CT molecular complexity index is 609. The van der Waals surface area contributed by atoms with Gasteiger partial charge >= 0.3 is 0 Å². The molecule has 2 aromatic rings. The van der Waals surface area contributed by atoms with Crippen molar-refractivity contribution >= 4 is 10.9 Å². The summed E-state index contributed by atoms with van der Waals surface area (Å²) < 4.78 is 0. The van der Waals surface area contributed by atoms with Gasteiger partial charge in [-0.3, -0.25) is 4.79 Å². The Morgan fingerprint density at radius 1 is 1.40 bits per heavy atom. The lowest BCUT2D eigenvalue weighted by atomic mass is 10.0. The Morgan fingerprint density at radius 3 is 2.95 bits per heavy atom. The van der Waals surface area contributed by atoms with Crippen LogP contribution < -0.4 is 10.9 Å². The van der Waals surface area contributed by atoms with E-state index in [-0.39, 0.29) is 12.2 Å². The fourth-order valence-electron chi connectivity index (χ4n) is 2.25. The predicted molar refractivity (Wildman–Crippen MR) is 79.6 cm³/mol. The third-order valence-electron chi connectivity index (χ3n) is 3.50. The minimum atomic E-state index is -0.102. The van der Waals surface area contributed by atoms with E-state index in [1.807, 2.05) is 18.2 Å². The highest BCUT2D eigenvalue weighted by Gasteiger charge is 2.06. The maximum Gasteiger partial charge on any atom is 0.258 e. The molecule has 0 radical (unpaired) electrons. The first kappa shape index (κ1) is 14.7. The third-order valence-corrected chi connectivity index (χ3v) is 3.50. The minimum absolute atomic E-state index is 0.102. The van der Waals surface area contributed by atoms with Gasteiger partial charge in [0.2, 0.25) is 0 Å². The minimum Gasteiger partial charge on any atom is -0.396 e. The van der Waals surface area contributed by atoms with E-state index in [4.69, 9.17) is 5.11 Å². The Balaban J connectivity index is 2.01. The summed E-state index contributed by atoms with van der Waals surface area (Å²) >= 11 is 0. The lowest BCUT2D eigenvalue weighted by Crippen LogP contribution is -2.25. The number of benzene rings is 1. The van der Waals surface area contributed by atoms with Crippen molar-refractivity contribution in [3.8, 4) is 0 Å². The molecular weight excluding hydrogens is 254 g/mol. The Labute approximate surface area is 118 Å². The smallest absolute Gasteiger partial charge is 0.258 e. The van der Waals surface area contributed by atoms with E-state index in [0.717, 1.165) is 24.9 Å². The number of para-hydroxylation sites is 1.